The molecule has 0 spiro atoms. The molecular formula is C20H18FN5OS. The molecule has 0 N–H and O–H groups in total. The second-order valence-electron chi connectivity index (χ2n) is 7.57. The van der Waals surface area contributed by atoms with Gasteiger partial charge in [-0.15, -0.1) is 4.91 Å². The molecule has 2 aliphatic rings. The fraction of sp³-hybridized carbons (Fsp3) is 0.350. The standard InChI is InChI=1S/C20H18FN5OS/c1-28(25-27)11-15(28)8-19-24-18-10-23-17-5-2-12(9-22)6-16(17)20(18)26(19)14-4-3-13(21)7-14/h2,5-6,10-11,13-14H,3-4,7-8H2,1H3. The summed E-state index contributed by atoms with van der Waals surface area (Å²) in [5, 5.41) is 12.1. The third-order valence-corrected chi connectivity index (χ3v) is 7.87. The van der Waals surface area contributed by atoms with Gasteiger partial charge in [0, 0.05) is 22.8 Å². The lowest BCUT2D eigenvalue weighted by Crippen LogP contribution is -2.10. The third-order valence-electron chi connectivity index (χ3n) is 5.75. The molecule has 1 aliphatic carbocycles. The van der Waals surface area contributed by atoms with Crippen molar-refractivity contribution in [1.82, 2.24) is 14.5 Å². The number of alkyl halides is 1. The lowest BCUT2D eigenvalue weighted by Gasteiger charge is -2.17. The van der Waals surface area contributed by atoms with Crippen molar-refractivity contribution in [3.63, 3.8) is 0 Å². The maximum absolute atomic E-state index is 14.0. The molecule has 0 bridgehead atoms. The molecule has 0 amide bonds. The number of aromatic nitrogens is 3. The molecule has 6 nitrogen and oxygen atoms in total. The molecule has 142 valence electrons. The van der Waals surface area contributed by atoms with E-state index in [1.54, 1.807) is 12.3 Å². The number of nitrogens with zero attached hydrogens (tertiary/aromatic N) is 5. The third kappa shape index (κ3) is 2.61. The van der Waals surface area contributed by atoms with Gasteiger partial charge in [0.2, 0.25) is 0 Å². The summed E-state index contributed by atoms with van der Waals surface area (Å²) in [4.78, 5) is 21.4. The number of hydrogen-bond acceptors (Lipinski definition) is 5. The number of halogens is 1. The van der Waals surface area contributed by atoms with Crippen LogP contribution in [0, 0.1) is 16.2 Å². The van der Waals surface area contributed by atoms with Crippen LogP contribution in [0.15, 0.2) is 39.3 Å². The summed E-state index contributed by atoms with van der Waals surface area (Å²) in [6, 6.07) is 7.59. The molecule has 8 heteroatoms. The van der Waals surface area contributed by atoms with Gasteiger partial charge in [-0.2, -0.15) is 5.26 Å². The Morgan fingerprint density at radius 3 is 2.93 bits per heavy atom. The van der Waals surface area contributed by atoms with Crippen LogP contribution in [-0.2, 0) is 6.42 Å². The average molecular weight is 395 g/mol. The van der Waals surface area contributed by atoms with Crippen LogP contribution in [0.25, 0.3) is 21.9 Å². The Bertz CT molecular complexity index is 1210. The summed E-state index contributed by atoms with van der Waals surface area (Å²) >= 11 is 0. The van der Waals surface area contributed by atoms with Crippen molar-refractivity contribution >= 4 is 32.2 Å². The number of rotatable bonds is 4. The monoisotopic (exact) mass is 395 g/mol. The molecule has 3 unspecified atom stereocenters. The zero-order valence-electron chi connectivity index (χ0n) is 15.3. The molecule has 2 aromatic heterocycles. The van der Waals surface area contributed by atoms with E-state index in [0.29, 0.717) is 24.8 Å². The summed E-state index contributed by atoms with van der Waals surface area (Å²) in [7, 11) is -1.62. The SMILES string of the molecule is CS1(N=O)C=C1Cc1nc2cnc3ccc(C#N)cc3c2n1C1CCC(F)C1. The van der Waals surface area contributed by atoms with Gasteiger partial charge in [0.1, 0.15) is 17.5 Å². The van der Waals surface area contributed by atoms with Crippen LogP contribution in [-0.4, -0.2) is 27.0 Å². The first-order valence-corrected chi connectivity index (χ1v) is 11.3. The van der Waals surface area contributed by atoms with Crippen molar-refractivity contribution in [3.8, 4) is 6.07 Å². The minimum Gasteiger partial charge on any atom is -0.324 e. The molecule has 1 saturated carbocycles. The van der Waals surface area contributed by atoms with Crippen LogP contribution >= 0.6 is 10.2 Å². The van der Waals surface area contributed by atoms with Crippen LogP contribution in [0.1, 0.15) is 36.7 Å². The second-order valence-corrected chi connectivity index (χ2v) is 10.4. The lowest BCUT2D eigenvalue weighted by atomic mass is 10.1. The number of allylic oxidation sites excluding steroid dienone is 1. The Balaban J connectivity index is 1.73. The van der Waals surface area contributed by atoms with Crippen LogP contribution < -0.4 is 0 Å². The fourth-order valence-corrected chi connectivity index (χ4v) is 5.72. The van der Waals surface area contributed by atoms with Crippen molar-refractivity contribution in [2.24, 2.45) is 4.58 Å². The first-order valence-electron chi connectivity index (χ1n) is 9.19. The zero-order valence-corrected chi connectivity index (χ0v) is 16.1. The van der Waals surface area contributed by atoms with Gasteiger partial charge in [0.05, 0.1) is 28.9 Å². The highest BCUT2D eigenvalue weighted by Gasteiger charge is 2.38. The number of imidazole rings is 1. The van der Waals surface area contributed by atoms with Crippen LogP contribution in [0.4, 0.5) is 4.39 Å². The topological polar surface area (TPSA) is 83.9 Å². The first-order chi connectivity index (χ1) is 13.5. The van der Waals surface area contributed by atoms with E-state index in [-0.39, 0.29) is 6.04 Å². The highest BCUT2D eigenvalue weighted by Crippen LogP contribution is 2.69. The normalized spacial score (nSPS) is 28.7. The van der Waals surface area contributed by atoms with Crippen LogP contribution in [0.3, 0.4) is 0 Å². The highest BCUT2D eigenvalue weighted by molar-refractivity contribution is 8.42. The summed E-state index contributed by atoms with van der Waals surface area (Å²) in [5.74, 6) is 0.817. The molecular weight excluding hydrogens is 377 g/mol. The average Bonchev–Trinajstić information content (AvgIpc) is 3.02. The molecule has 28 heavy (non-hydrogen) atoms. The Kier molecular flexibility index (Phi) is 3.78. The summed E-state index contributed by atoms with van der Waals surface area (Å²) < 4.78 is 19.4. The molecule has 3 heterocycles. The maximum Gasteiger partial charge on any atom is 0.115 e. The van der Waals surface area contributed by atoms with Crippen molar-refractivity contribution in [2.45, 2.75) is 37.9 Å². The molecule has 3 atom stereocenters. The molecule has 1 aromatic carbocycles. The maximum atomic E-state index is 14.0. The van der Waals surface area contributed by atoms with E-state index in [0.717, 1.165) is 39.1 Å². The number of hydrogen-bond donors (Lipinski definition) is 0. The fourth-order valence-electron chi connectivity index (χ4n) is 4.20. The van der Waals surface area contributed by atoms with E-state index in [1.165, 1.54) is 0 Å². The molecule has 5 rings (SSSR count). The Hall–Kier alpha value is -2.79. The van der Waals surface area contributed by atoms with Gasteiger partial charge in [-0.25, -0.2) is 9.37 Å². The van der Waals surface area contributed by atoms with Crippen LogP contribution in [0.5, 0.6) is 0 Å². The number of pyridine rings is 1. The van der Waals surface area contributed by atoms with E-state index in [4.69, 9.17) is 4.98 Å². The minimum atomic E-state index is -1.62. The predicted molar refractivity (Wildman–Crippen MR) is 109 cm³/mol. The van der Waals surface area contributed by atoms with Crippen LogP contribution in [0.2, 0.25) is 0 Å². The Labute approximate surface area is 162 Å². The molecule has 1 fully saturated rings. The molecule has 0 saturated heterocycles. The van der Waals surface area contributed by atoms with E-state index >= 15 is 0 Å². The van der Waals surface area contributed by atoms with E-state index in [1.807, 2.05) is 23.8 Å². The largest absolute Gasteiger partial charge is 0.324 e. The summed E-state index contributed by atoms with van der Waals surface area (Å²) in [5.41, 5.74) is 2.97. The van der Waals surface area contributed by atoms with Crippen molar-refractivity contribution in [2.75, 3.05) is 6.26 Å². The van der Waals surface area contributed by atoms with Gasteiger partial charge in [-0.1, -0.05) is 10.2 Å². The van der Waals surface area contributed by atoms with E-state index in [9.17, 15) is 14.6 Å². The first kappa shape index (κ1) is 17.3. The van der Waals surface area contributed by atoms with Crippen molar-refractivity contribution in [3.05, 3.63) is 51.0 Å². The zero-order chi connectivity index (χ0) is 19.5. The summed E-state index contributed by atoms with van der Waals surface area (Å²) in [6.45, 7) is 0. The number of nitriles is 1. The van der Waals surface area contributed by atoms with Gasteiger partial charge < -0.3 is 4.57 Å². The van der Waals surface area contributed by atoms with Gasteiger partial charge in [-0.3, -0.25) is 4.98 Å². The highest BCUT2D eigenvalue weighted by atomic mass is 32.3. The van der Waals surface area contributed by atoms with Crippen molar-refractivity contribution < 1.29 is 4.39 Å². The van der Waals surface area contributed by atoms with E-state index in [2.05, 4.69) is 20.2 Å². The minimum absolute atomic E-state index is 0.0103. The second kappa shape index (κ2) is 6.11. The number of benzene rings is 1. The number of nitroso groups, excluding NO2 is 1. The van der Waals surface area contributed by atoms with Crippen molar-refractivity contribution in [1.29, 1.82) is 5.26 Å². The molecule has 3 aromatic rings. The number of fused-ring (bicyclic) bond motifs is 3. The predicted octanol–water partition coefficient (Wildman–Crippen LogP) is 5.03. The van der Waals surface area contributed by atoms with Gasteiger partial charge >= 0.3 is 0 Å². The van der Waals surface area contributed by atoms with Gasteiger partial charge in [0.25, 0.3) is 0 Å². The van der Waals surface area contributed by atoms with Gasteiger partial charge in [0.15, 0.2) is 0 Å². The van der Waals surface area contributed by atoms with E-state index < -0.39 is 16.4 Å². The quantitative estimate of drug-likeness (QED) is 0.580. The molecule has 0 radical (unpaired) electrons. The Morgan fingerprint density at radius 2 is 2.25 bits per heavy atom. The summed E-state index contributed by atoms with van der Waals surface area (Å²) in [6.07, 6.45) is 5.07. The smallest absolute Gasteiger partial charge is 0.115 e. The Morgan fingerprint density at radius 1 is 1.39 bits per heavy atom. The lowest BCUT2D eigenvalue weighted by molar-refractivity contribution is 0.330. The molecule has 1 aliphatic heterocycles. The van der Waals surface area contributed by atoms with Gasteiger partial charge in [-0.05, 0) is 53.7 Å².